The molecular formula is C20H14FN3O2. The van der Waals surface area contributed by atoms with Crippen LogP contribution in [0.2, 0.25) is 0 Å². The Balaban J connectivity index is 1.71. The second-order valence-corrected chi connectivity index (χ2v) is 5.82. The summed E-state index contributed by atoms with van der Waals surface area (Å²) in [6, 6.07) is 20.3. The lowest BCUT2D eigenvalue weighted by molar-refractivity contribution is 0.0702. The number of hydroxylamine groups is 1. The molecule has 0 spiro atoms. The van der Waals surface area contributed by atoms with Crippen molar-refractivity contribution < 1.29 is 14.4 Å². The Morgan fingerprint density at radius 2 is 1.62 bits per heavy atom. The van der Waals surface area contributed by atoms with E-state index in [9.17, 15) is 9.18 Å². The Morgan fingerprint density at radius 3 is 2.31 bits per heavy atom. The third kappa shape index (κ3) is 2.82. The standard InChI is InChI=1S/C20H14FN3O2/c21-16-11-18-17(10-15(16)20(25)24-26)22-19(23-18)14-8-6-13(7-9-14)12-4-2-1-3-5-12/h1-11,26H,(H,22,23)(H,24,25). The van der Waals surface area contributed by atoms with Crippen LogP contribution in [-0.2, 0) is 0 Å². The van der Waals surface area contributed by atoms with Crippen LogP contribution in [0.5, 0.6) is 0 Å². The molecule has 3 N–H and O–H groups in total. The minimum Gasteiger partial charge on any atom is -0.338 e. The first kappa shape index (κ1) is 16.0. The van der Waals surface area contributed by atoms with E-state index in [0.717, 1.165) is 16.7 Å². The number of hydrogen-bond donors (Lipinski definition) is 3. The molecule has 0 aliphatic heterocycles. The number of hydrogen-bond acceptors (Lipinski definition) is 3. The van der Waals surface area contributed by atoms with Crippen LogP contribution in [0.3, 0.4) is 0 Å². The predicted molar refractivity (Wildman–Crippen MR) is 96.2 cm³/mol. The number of carbonyl (C=O) groups is 1. The summed E-state index contributed by atoms with van der Waals surface area (Å²) < 4.78 is 14.0. The fourth-order valence-electron chi connectivity index (χ4n) is 2.85. The maximum absolute atomic E-state index is 14.0. The first-order chi connectivity index (χ1) is 12.7. The third-order valence-electron chi connectivity index (χ3n) is 4.18. The van der Waals surface area contributed by atoms with Gasteiger partial charge >= 0.3 is 0 Å². The van der Waals surface area contributed by atoms with E-state index in [1.54, 1.807) is 0 Å². The monoisotopic (exact) mass is 347 g/mol. The maximum atomic E-state index is 14.0. The van der Waals surface area contributed by atoms with E-state index >= 15 is 0 Å². The topological polar surface area (TPSA) is 78.0 Å². The fraction of sp³-hybridized carbons (Fsp3) is 0. The molecule has 1 heterocycles. The summed E-state index contributed by atoms with van der Waals surface area (Å²) in [6.45, 7) is 0. The summed E-state index contributed by atoms with van der Waals surface area (Å²) in [7, 11) is 0. The van der Waals surface area contributed by atoms with Crippen molar-refractivity contribution >= 4 is 16.9 Å². The number of halogens is 1. The van der Waals surface area contributed by atoms with Gasteiger partial charge in [-0.25, -0.2) is 14.9 Å². The van der Waals surface area contributed by atoms with Crippen LogP contribution in [0.1, 0.15) is 10.4 Å². The summed E-state index contributed by atoms with van der Waals surface area (Å²) >= 11 is 0. The summed E-state index contributed by atoms with van der Waals surface area (Å²) in [4.78, 5) is 19.0. The average Bonchev–Trinajstić information content (AvgIpc) is 3.10. The van der Waals surface area contributed by atoms with Gasteiger partial charge in [-0.2, -0.15) is 0 Å². The zero-order chi connectivity index (χ0) is 18.1. The number of fused-ring (bicyclic) bond motifs is 1. The molecule has 0 fully saturated rings. The zero-order valence-corrected chi connectivity index (χ0v) is 13.5. The summed E-state index contributed by atoms with van der Waals surface area (Å²) in [5.74, 6) is -1.08. The van der Waals surface area contributed by atoms with Gasteiger partial charge in [0.2, 0.25) is 0 Å². The van der Waals surface area contributed by atoms with Crippen molar-refractivity contribution in [2.24, 2.45) is 0 Å². The molecule has 26 heavy (non-hydrogen) atoms. The highest BCUT2D eigenvalue weighted by atomic mass is 19.1. The van der Waals surface area contributed by atoms with Gasteiger partial charge in [0, 0.05) is 11.6 Å². The van der Waals surface area contributed by atoms with E-state index in [0.29, 0.717) is 16.9 Å². The van der Waals surface area contributed by atoms with Crippen molar-refractivity contribution in [2.45, 2.75) is 0 Å². The number of imidazole rings is 1. The molecule has 4 aromatic rings. The highest BCUT2D eigenvalue weighted by Gasteiger charge is 2.15. The van der Waals surface area contributed by atoms with Gasteiger partial charge in [-0.3, -0.25) is 10.0 Å². The number of aromatic nitrogens is 2. The van der Waals surface area contributed by atoms with Crippen molar-refractivity contribution in [1.82, 2.24) is 15.4 Å². The number of benzene rings is 3. The van der Waals surface area contributed by atoms with Gasteiger partial charge in [-0.15, -0.1) is 0 Å². The Morgan fingerprint density at radius 1 is 0.962 bits per heavy atom. The van der Waals surface area contributed by atoms with Crippen molar-refractivity contribution in [2.75, 3.05) is 0 Å². The molecule has 6 heteroatoms. The number of H-pyrrole nitrogens is 1. The van der Waals surface area contributed by atoms with Crippen LogP contribution < -0.4 is 5.48 Å². The van der Waals surface area contributed by atoms with E-state index in [-0.39, 0.29) is 5.56 Å². The maximum Gasteiger partial charge on any atom is 0.277 e. The lowest BCUT2D eigenvalue weighted by atomic mass is 10.0. The van der Waals surface area contributed by atoms with Gasteiger partial charge in [-0.05, 0) is 17.2 Å². The second kappa shape index (κ2) is 6.42. The van der Waals surface area contributed by atoms with Crippen molar-refractivity contribution in [3.05, 3.63) is 78.1 Å². The number of rotatable bonds is 3. The molecule has 0 aliphatic rings. The van der Waals surface area contributed by atoms with Crippen LogP contribution >= 0.6 is 0 Å². The van der Waals surface area contributed by atoms with Crippen LogP contribution in [0.15, 0.2) is 66.7 Å². The predicted octanol–water partition coefficient (Wildman–Crippen LogP) is 4.16. The van der Waals surface area contributed by atoms with Crippen LogP contribution in [0, 0.1) is 5.82 Å². The van der Waals surface area contributed by atoms with Crippen molar-refractivity contribution in [3.63, 3.8) is 0 Å². The SMILES string of the molecule is O=C(NO)c1cc2nc(-c3ccc(-c4ccccc4)cc3)[nH]c2cc1F. The van der Waals surface area contributed by atoms with E-state index in [4.69, 9.17) is 5.21 Å². The quantitative estimate of drug-likeness (QED) is 0.385. The Labute approximate surface area is 148 Å². The molecule has 3 aromatic carbocycles. The van der Waals surface area contributed by atoms with Crippen LogP contribution in [-0.4, -0.2) is 21.1 Å². The molecule has 0 unspecified atom stereocenters. The van der Waals surface area contributed by atoms with E-state index in [1.807, 2.05) is 54.6 Å². The minimum absolute atomic E-state index is 0.266. The smallest absolute Gasteiger partial charge is 0.277 e. The zero-order valence-electron chi connectivity index (χ0n) is 13.5. The van der Waals surface area contributed by atoms with Gasteiger partial charge in [0.15, 0.2) is 0 Å². The van der Waals surface area contributed by atoms with Crippen molar-refractivity contribution in [3.8, 4) is 22.5 Å². The molecule has 1 aromatic heterocycles. The van der Waals surface area contributed by atoms with E-state index < -0.39 is 11.7 Å². The molecule has 0 aliphatic carbocycles. The van der Waals surface area contributed by atoms with Crippen molar-refractivity contribution in [1.29, 1.82) is 0 Å². The lowest BCUT2D eigenvalue weighted by Gasteiger charge is -2.02. The second-order valence-electron chi connectivity index (χ2n) is 5.82. The molecule has 128 valence electrons. The molecule has 0 radical (unpaired) electrons. The van der Waals surface area contributed by atoms with Gasteiger partial charge < -0.3 is 4.98 Å². The largest absolute Gasteiger partial charge is 0.338 e. The van der Waals surface area contributed by atoms with Gasteiger partial charge in [0.25, 0.3) is 5.91 Å². The lowest BCUT2D eigenvalue weighted by Crippen LogP contribution is -2.19. The molecule has 5 nitrogen and oxygen atoms in total. The van der Waals surface area contributed by atoms with Crippen LogP contribution in [0.25, 0.3) is 33.5 Å². The average molecular weight is 347 g/mol. The number of nitrogens with one attached hydrogen (secondary N) is 2. The van der Waals surface area contributed by atoms with E-state index in [2.05, 4.69) is 9.97 Å². The number of nitrogens with zero attached hydrogens (tertiary/aromatic N) is 1. The van der Waals surface area contributed by atoms with Gasteiger partial charge in [-0.1, -0.05) is 54.6 Å². The molecule has 0 saturated carbocycles. The molecule has 4 rings (SSSR count). The third-order valence-corrected chi connectivity index (χ3v) is 4.18. The van der Waals surface area contributed by atoms with Crippen LogP contribution in [0.4, 0.5) is 4.39 Å². The highest BCUT2D eigenvalue weighted by Crippen LogP contribution is 2.26. The molecule has 0 bridgehead atoms. The Hall–Kier alpha value is -3.51. The Kier molecular flexibility index (Phi) is 3.95. The molecule has 1 amide bonds. The first-order valence-corrected chi connectivity index (χ1v) is 7.95. The summed E-state index contributed by atoms with van der Waals surface area (Å²) in [5.41, 5.74) is 5.11. The normalized spacial score (nSPS) is 10.8. The fourth-order valence-corrected chi connectivity index (χ4v) is 2.85. The molecule has 0 saturated heterocycles. The molecular weight excluding hydrogens is 333 g/mol. The van der Waals surface area contributed by atoms with E-state index in [1.165, 1.54) is 17.6 Å². The van der Waals surface area contributed by atoms with Gasteiger partial charge in [0.1, 0.15) is 11.6 Å². The Bertz CT molecular complexity index is 1090. The summed E-state index contributed by atoms with van der Waals surface area (Å²) in [6.07, 6.45) is 0. The molecule has 0 atom stereocenters. The number of amides is 1. The first-order valence-electron chi connectivity index (χ1n) is 7.95. The minimum atomic E-state index is -0.916. The number of aromatic amines is 1. The van der Waals surface area contributed by atoms with Gasteiger partial charge in [0.05, 0.1) is 16.6 Å². The summed E-state index contributed by atoms with van der Waals surface area (Å²) in [5, 5.41) is 8.69. The highest BCUT2D eigenvalue weighted by molar-refractivity contribution is 5.97. The number of carbonyl (C=O) groups excluding carboxylic acids is 1.